The first-order valence-corrected chi connectivity index (χ1v) is 6.87. The second-order valence-corrected chi connectivity index (χ2v) is 4.54. The first kappa shape index (κ1) is 13.8. The van der Waals surface area contributed by atoms with E-state index in [-0.39, 0.29) is 6.04 Å². The minimum Gasteiger partial charge on any atom is -0.486 e. The summed E-state index contributed by atoms with van der Waals surface area (Å²) in [5.74, 6) is 7.79. The van der Waals surface area contributed by atoms with Crippen molar-refractivity contribution in [1.29, 1.82) is 0 Å². The minimum atomic E-state index is 0.253. The summed E-state index contributed by atoms with van der Waals surface area (Å²) in [6.45, 7) is 6.29. The van der Waals surface area contributed by atoms with Gasteiger partial charge in [-0.15, -0.1) is 11.8 Å². The SMILES string of the molecule is CC#CCC(NCCC)c1ccc2c(c1)OCCO2. The highest BCUT2D eigenvalue weighted by molar-refractivity contribution is 5.44. The molecule has 2 rings (SSSR count). The van der Waals surface area contributed by atoms with E-state index >= 15 is 0 Å². The predicted octanol–water partition coefficient (Wildman–Crippen LogP) is 2.91. The van der Waals surface area contributed by atoms with Gasteiger partial charge in [0, 0.05) is 12.5 Å². The fraction of sp³-hybridized carbons (Fsp3) is 0.500. The molecule has 1 atom stereocenters. The number of hydrogen-bond acceptors (Lipinski definition) is 3. The first-order chi connectivity index (χ1) is 9.35. The predicted molar refractivity (Wildman–Crippen MR) is 76.5 cm³/mol. The Morgan fingerprint density at radius 1 is 1.26 bits per heavy atom. The van der Waals surface area contributed by atoms with Crippen LogP contribution in [0.3, 0.4) is 0 Å². The molecule has 19 heavy (non-hydrogen) atoms. The second kappa shape index (κ2) is 7.06. The summed E-state index contributed by atoms with van der Waals surface area (Å²) in [7, 11) is 0. The largest absolute Gasteiger partial charge is 0.486 e. The van der Waals surface area contributed by atoms with Crippen LogP contribution in [-0.4, -0.2) is 19.8 Å². The molecule has 0 fully saturated rings. The van der Waals surface area contributed by atoms with Gasteiger partial charge >= 0.3 is 0 Å². The van der Waals surface area contributed by atoms with Crippen molar-refractivity contribution in [2.75, 3.05) is 19.8 Å². The normalized spacial score (nSPS) is 14.4. The minimum absolute atomic E-state index is 0.253. The second-order valence-electron chi connectivity index (χ2n) is 4.54. The molecule has 0 aromatic heterocycles. The Morgan fingerprint density at radius 3 is 2.79 bits per heavy atom. The Bertz CT molecular complexity index is 473. The summed E-state index contributed by atoms with van der Waals surface area (Å²) in [5, 5.41) is 3.53. The van der Waals surface area contributed by atoms with E-state index in [1.807, 2.05) is 13.0 Å². The fourth-order valence-electron chi connectivity index (χ4n) is 2.11. The van der Waals surface area contributed by atoms with E-state index in [4.69, 9.17) is 9.47 Å². The molecule has 1 aromatic rings. The topological polar surface area (TPSA) is 30.5 Å². The van der Waals surface area contributed by atoms with E-state index in [0.717, 1.165) is 30.9 Å². The van der Waals surface area contributed by atoms with E-state index in [1.54, 1.807) is 0 Å². The van der Waals surface area contributed by atoms with Gasteiger partial charge in [0.15, 0.2) is 11.5 Å². The molecule has 0 bridgehead atoms. The number of ether oxygens (including phenoxy) is 2. The summed E-state index contributed by atoms with van der Waals surface area (Å²) in [6, 6.07) is 6.41. The van der Waals surface area contributed by atoms with Crippen molar-refractivity contribution in [2.24, 2.45) is 0 Å². The Balaban J connectivity index is 2.16. The lowest BCUT2D eigenvalue weighted by Crippen LogP contribution is -2.22. The summed E-state index contributed by atoms with van der Waals surface area (Å²) in [5.41, 5.74) is 1.21. The molecule has 1 aliphatic rings. The van der Waals surface area contributed by atoms with Gasteiger partial charge in [-0.25, -0.2) is 0 Å². The summed E-state index contributed by atoms with van der Waals surface area (Å²) in [4.78, 5) is 0. The van der Waals surface area contributed by atoms with Gasteiger partial charge in [0.25, 0.3) is 0 Å². The molecular weight excluding hydrogens is 238 g/mol. The van der Waals surface area contributed by atoms with Gasteiger partial charge < -0.3 is 14.8 Å². The average Bonchev–Trinajstić information content (AvgIpc) is 2.47. The molecule has 0 radical (unpaired) electrons. The quantitative estimate of drug-likeness (QED) is 0.825. The molecule has 1 unspecified atom stereocenters. The van der Waals surface area contributed by atoms with Crippen LogP contribution in [0.15, 0.2) is 18.2 Å². The van der Waals surface area contributed by atoms with Crippen LogP contribution in [0, 0.1) is 11.8 Å². The third-order valence-corrected chi connectivity index (χ3v) is 3.09. The van der Waals surface area contributed by atoms with Crippen LogP contribution in [0.1, 0.15) is 38.3 Å². The highest BCUT2D eigenvalue weighted by atomic mass is 16.6. The molecule has 3 nitrogen and oxygen atoms in total. The Labute approximate surface area is 115 Å². The third-order valence-electron chi connectivity index (χ3n) is 3.09. The highest BCUT2D eigenvalue weighted by Gasteiger charge is 2.15. The molecule has 1 N–H and O–H groups in total. The van der Waals surface area contributed by atoms with Gasteiger partial charge in [-0.3, -0.25) is 0 Å². The summed E-state index contributed by atoms with van der Waals surface area (Å²) in [6.07, 6.45) is 1.93. The first-order valence-electron chi connectivity index (χ1n) is 6.87. The molecule has 1 aliphatic heterocycles. The van der Waals surface area contributed by atoms with E-state index in [1.165, 1.54) is 5.56 Å². The molecule has 1 heterocycles. The lowest BCUT2D eigenvalue weighted by molar-refractivity contribution is 0.171. The van der Waals surface area contributed by atoms with E-state index in [0.29, 0.717) is 13.2 Å². The van der Waals surface area contributed by atoms with Crippen molar-refractivity contribution in [1.82, 2.24) is 5.32 Å². The number of hydrogen-bond donors (Lipinski definition) is 1. The van der Waals surface area contributed by atoms with Crippen LogP contribution in [0.5, 0.6) is 11.5 Å². The standard InChI is InChI=1S/C16H21NO2/c1-3-5-6-14(17-9-4-2)13-7-8-15-16(12-13)19-11-10-18-15/h7-8,12,14,17H,4,6,9-11H2,1-2H3. The van der Waals surface area contributed by atoms with Crippen LogP contribution < -0.4 is 14.8 Å². The van der Waals surface area contributed by atoms with Gasteiger partial charge in [0.1, 0.15) is 13.2 Å². The lowest BCUT2D eigenvalue weighted by Gasteiger charge is -2.22. The van der Waals surface area contributed by atoms with Gasteiger partial charge in [0.05, 0.1) is 0 Å². The van der Waals surface area contributed by atoms with Crippen molar-refractivity contribution in [3.8, 4) is 23.3 Å². The molecule has 0 spiro atoms. The zero-order chi connectivity index (χ0) is 13.5. The maximum Gasteiger partial charge on any atom is 0.161 e. The van der Waals surface area contributed by atoms with Gasteiger partial charge in [-0.1, -0.05) is 13.0 Å². The van der Waals surface area contributed by atoms with Crippen molar-refractivity contribution in [2.45, 2.75) is 32.7 Å². The van der Waals surface area contributed by atoms with Crippen LogP contribution in [0.25, 0.3) is 0 Å². The molecule has 102 valence electrons. The van der Waals surface area contributed by atoms with Crippen LogP contribution in [0.2, 0.25) is 0 Å². The zero-order valence-electron chi connectivity index (χ0n) is 11.7. The molecular formula is C16H21NO2. The lowest BCUT2D eigenvalue weighted by atomic mass is 10.0. The van der Waals surface area contributed by atoms with Crippen LogP contribution in [0.4, 0.5) is 0 Å². The van der Waals surface area contributed by atoms with Crippen molar-refractivity contribution in [3.63, 3.8) is 0 Å². The molecule has 0 saturated carbocycles. The number of benzene rings is 1. The fourth-order valence-corrected chi connectivity index (χ4v) is 2.11. The Morgan fingerprint density at radius 2 is 2.05 bits per heavy atom. The maximum atomic E-state index is 5.63. The van der Waals surface area contributed by atoms with Crippen LogP contribution >= 0.6 is 0 Å². The molecule has 0 aliphatic carbocycles. The van der Waals surface area contributed by atoms with Gasteiger partial charge in [-0.2, -0.15) is 0 Å². The van der Waals surface area contributed by atoms with E-state index < -0.39 is 0 Å². The monoisotopic (exact) mass is 259 g/mol. The van der Waals surface area contributed by atoms with Crippen molar-refractivity contribution in [3.05, 3.63) is 23.8 Å². The smallest absolute Gasteiger partial charge is 0.161 e. The molecule has 0 amide bonds. The Kier molecular flexibility index (Phi) is 5.11. The molecule has 0 saturated heterocycles. The summed E-state index contributed by atoms with van der Waals surface area (Å²) < 4.78 is 11.2. The summed E-state index contributed by atoms with van der Waals surface area (Å²) >= 11 is 0. The number of nitrogens with one attached hydrogen (secondary N) is 1. The molecule has 1 aromatic carbocycles. The number of rotatable bonds is 5. The van der Waals surface area contributed by atoms with Gasteiger partial charge in [0.2, 0.25) is 0 Å². The third kappa shape index (κ3) is 3.65. The van der Waals surface area contributed by atoms with Gasteiger partial charge in [-0.05, 0) is 37.6 Å². The molecule has 3 heteroatoms. The van der Waals surface area contributed by atoms with Crippen molar-refractivity contribution < 1.29 is 9.47 Å². The Hall–Kier alpha value is -1.66. The maximum absolute atomic E-state index is 5.63. The average molecular weight is 259 g/mol. The van der Waals surface area contributed by atoms with E-state index in [2.05, 4.69) is 36.2 Å². The zero-order valence-corrected chi connectivity index (χ0v) is 11.7. The highest BCUT2D eigenvalue weighted by Crippen LogP contribution is 2.33. The van der Waals surface area contributed by atoms with Crippen LogP contribution in [-0.2, 0) is 0 Å². The number of fused-ring (bicyclic) bond motifs is 1. The van der Waals surface area contributed by atoms with E-state index in [9.17, 15) is 0 Å². The van der Waals surface area contributed by atoms with Crippen molar-refractivity contribution >= 4 is 0 Å².